The highest BCUT2D eigenvalue weighted by atomic mass is 15.4. The van der Waals surface area contributed by atoms with Gasteiger partial charge in [-0.25, -0.2) is 5.43 Å². The monoisotopic (exact) mass is 192 g/mol. The second-order valence-corrected chi connectivity index (χ2v) is 3.59. The maximum absolute atomic E-state index is 5.27. The van der Waals surface area contributed by atoms with Crippen molar-refractivity contribution in [1.82, 2.24) is 16.3 Å². The maximum atomic E-state index is 5.27. The molecule has 76 valence electrons. The molecule has 2 rings (SSSR count). The average Bonchev–Trinajstić information content (AvgIpc) is 2.68. The molecule has 4 heteroatoms. The van der Waals surface area contributed by atoms with Gasteiger partial charge in [-0.2, -0.15) is 0 Å². The number of hydrogen-bond donors (Lipinski definition) is 4. The molecule has 0 aliphatic carbocycles. The van der Waals surface area contributed by atoms with Crippen LogP contribution in [0, 0.1) is 0 Å². The third kappa shape index (κ3) is 2.10. The van der Waals surface area contributed by atoms with Gasteiger partial charge in [-0.1, -0.05) is 30.3 Å². The molecule has 1 saturated heterocycles. The van der Waals surface area contributed by atoms with Gasteiger partial charge < -0.3 is 0 Å². The van der Waals surface area contributed by atoms with Gasteiger partial charge >= 0.3 is 0 Å². The van der Waals surface area contributed by atoms with Crippen LogP contribution in [-0.2, 0) is 0 Å². The summed E-state index contributed by atoms with van der Waals surface area (Å²) in [5.41, 5.74) is 10.5. The van der Waals surface area contributed by atoms with E-state index in [2.05, 4.69) is 40.5 Å². The van der Waals surface area contributed by atoms with Crippen molar-refractivity contribution in [3.05, 3.63) is 35.9 Å². The van der Waals surface area contributed by atoms with Crippen LogP contribution in [-0.4, -0.2) is 12.6 Å². The van der Waals surface area contributed by atoms with Crippen molar-refractivity contribution >= 4 is 0 Å². The second kappa shape index (κ2) is 4.52. The lowest BCUT2D eigenvalue weighted by molar-refractivity contribution is 0.512. The molecule has 0 spiro atoms. The van der Waals surface area contributed by atoms with E-state index in [1.165, 1.54) is 5.56 Å². The minimum Gasteiger partial charge on any atom is -0.271 e. The molecular weight excluding hydrogens is 176 g/mol. The van der Waals surface area contributed by atoms with Gasteiger partial charge in [-0.05, 0) is 12.0 Å². The minimum absolute atomic E-state index is 0.398. The van der Waals surface area contributed by atoms with Gasteiger partial charge in [-0.3, -0.25) is 16.7 Å². The molecule has 1 heterocycles. The number of hydrogen-bond acceptors (Lipinski definition) is 4. The van der Waals surface area contributed by atoms with Gasteiger partial charge in [0.1, 0.15) is 0 Å². The van der Waals surface area contributed by atoms with Crippen LogP contribution >= 0.6 is 0 Å². The van der Waals surface area contributed by atoms with E-state index in [0.29, 0.717) is 12.1 Å². The highest BCUT2D eigenvalue weighted by molar-refractivity contribution is 5.19. The molecule has 1 fully saturated rings. The van der Waals surface area contributed by atoms with Crippen molar-refractivity contribution in [3.8, 4) is 0 Å². The van der Waals surface area contributed by atoms with Crippen molar-refractivity contribution in [2.45, 2.75) is 18.5 Å². The maximum Gasteiger partial charge on any atom is 0.0478 e. The molecule has 2 unspecified atom stereocenters. The number of nitrogens with one attached hydrogen (secondary N) is 3. The molecule has 0 amide bonds. The Hall–Kier alpha value is -0.940. The van der Waals surface area contributed by atoms with Crippen molar-refractivity contribution in [1.29, 1.82) is 0 Å². The number of benzene rings is 1. The molecule has 0 bridgehead atoms. The molecule has 1 aliphatic rings. The summed E-state index contributed by atoms with van der Waals surface area (Å²) in [5, 5.41) is 0. The normalized spacial score (nSPS) is 26.6. The summed E-state index contributed by atoms with van der Waals surface area (Å²) in [5.74, 6) is 5.27. The Morgan fingerprint density at radius 2 is 2.07 bits per heavy atom. The van der Waals surface area contributed by atoms with E-state index in [-0.39, 0.29) is 0 Å². The van der Waals surface area contributed by atoms with E-state index in [9.17, 15) is 0 Å². The van der Waals surface area contributed by atoms with Gasteiger partial charge in [0.05, 0.1) is 0 Å². The zero-order valence-electron chi connectivity index (χ0n) is 8.03. The zero-order valence-corrected chi connectivity index (χ0v) is 8.03. The number of nitrogens with two attached hydrogens (primary N) is 1. The lowest BCUT2D eigenvalue weighted by Gasteiger charge is -2.08. The lowest BCUT2D eigenvalue weighted by atomic mass is 10.0. The standard InChI is InChI=1S/C10H16N4/c11-12-7-9-6-10(14-13-9)8-4-2-1-3-5-8/h1-5,9-10,12-14H,6-7,11H2. The Morgan fingerprint density at radius 3 is 2.79 bits per heavy atom. The average molecular weight is 192 g/mol. The zero-order chi connectivity index (χ0) is 9.80. The summed E-state index contributed by atoms with van der Waals surface area (Å²) < 4.78 is 0. The predicted molar refractivity (Wildman–Crippen MR) is 56.0 cm³/mol. The van der Waals surface area contributed by atoms with Crippen LogP contribution in [0.15, 0.2) is 30.3 Å². The molecule has 4 nitrogen and oxygen atoms in total. The van der Waals surface area contributed by atoms with Crippen molar-refractivity contribution in [2.24, 2.45) is 5.84 Å². The van der Waals surface area contributed by atoms with E-state index in [1.54, 1.807) is 0 Å². The summed E-state index contributed by atoms with van der Waals surface area (Å²) in [6.45, 7) is 0.788. The minimum atomic E-state index is 0.398. The third-order valence-corrected chi connectivity index (χ3v) is 2.55. The van der Waals surface area contributed by atoms with E-state index >= 15 is 0 Å². The Kier molecular flexibility index (Phi) is 3.10. The van der Waals surface area contributed by atoms with Gasteiger partial charge in [0.2, 0.25) is 0 Å². The molecule has 1 aromatic carbocycles. The summed E-state index contributed by atoms with van der Waals surface area (Å²) in [6.07, 6.45) is 1.06. The first-order valence-corrected chi connectivity index (χ1v) is 4.89. The Bertz CT molecular complexity index is 275. The summed E-state index contributed by atoms with van der Waals surface area (Å²) >= 11 is 0. The third-order valence-electron chi connectivity index (χ3n) is 2.55. The van der Waals surface area contributed by atoms with E-state index in [1.807, 2.05) is 6.07 Å². The van der Waals surface area contributed by atoms with Gasteiger partial charge in [0, 0.05) is 18.6 Å². The molecular formula is C10H16N4. The van der Waals surface area contributed by atoms with Crippen molar-refractivity contribution in [3.63, 3.8) is 0 Å². The Morgan fingerprint density at radius 1 is 1.29 bits per heavy atom. The smallest absolute Gasteiger partial charge is 0.0478 e. The fraction of sp³-hybridized carbons (Fsp3) is 0.400. The first-order valence-electron chi connectivity index (χ1n) is 4.89. The molecule has 0 saturated carbocycles. The van der Waals surface area contributed by atoms with Gasteiger partial charge in [-0.15, -0.1) is 0 Å². The summed E-state index contributed by atoms with van der Waals surface area (Å²) in [6, 6.07) is 11.2. The predicted octanol–water partition coefficient (Wildman–Crippen LogP) is 0.0575. The lowest BCUT2D eigenvalue weighted by Crippen LogP contribution is -2.40. The summed E-state index contributed by atoms with van der Waals surface area (Å²) in [4.78, 5) is 0. The van der Waals surface area contributed by atoms with Crippen LogP contribution in [0.3, 0.4) is 0 Å². The number of rotatable bonds is 3. The van der Waals surface area contributed by atoms with Crippen LogP contribution in [0.1, 0.15) is 18.0 Å². The van der Waals surface area contributed by atoms with Crippen LogP contribution in [0.4, 0.5) is 0 Å². The van der Waals surface area contributed by atoms with Gasteiger partial charge in [0.25, 0.3) is 0 Å². The molecule has 5 N–H and O–H groups in total. The molecule has 14 heavy (non-hydrogen) atoms. The van der Waals surface area contributed by atoms with E-state index in [0.717, 1.165) is 13.0 Å². The molecule has 2 atom stereocenters. The van der Waals surface area contributed by atoms with E-state index in [4.69, 9.17) is 5.84 Å². The first kappa shape index (κ1) is 9.61. The molecule has 1 aliphatic heterocycles. The fourth-order valence-corrected chi connectivity index (χ4v) is 1.80. The van der Waals surface area contributed by atoms with Crippen LogP contribution in [0.25, 0.3) is 0 Å². The quantitative estimate of drug-likeness (QED) is 0.404. The first-order chi connectivity index (χ1) is 6.90. The van der Waals surface area contributed by atoms with Crippen LogP contribution < -0.4 is 22.1 Å². The summed E-state index contributed by atoms with van der Waals surface area (Å²) in [7, 11) is 0. The molecule has 0 radical (unpaired) electrons. The SMILES string of the molecule is NNCC1CC(c2ccccc2)NN1. The molecule has 1 aromatic rings. The topological polar surface area (TPSA) is 62.1 Å². The highest BCUT2D eigenvalue weighted by Gasteiger charge is 2.23. The van der Waals surface area contributed by atoms with E-state index < -0.39 is 0 Å². The van der Waals surface area contributed by atoms with Gasteiger partial charge in [0.15, 0.2) is 0 Å². The second-order valence-electron chi connectivity index (χ2n) is 3.59. The molecule has 0 aromatic heterocycles. The Labute approximate surface area is 83.8 Å². The van der Waals surface area contributed by atoms with Crippen LogP contribution in [0.2, 0.25) is 0 Å². The fourth-order valence-electron chi connectivity index (χ4n) is 1.80. The van der Waals surface area contributed by atoms with Crippen molar-refractivity contribution in [2.75, 3.05) is 6.54 Å². The van der Waals surface area contributed by atoms with Crippen LogP contribution in [0.5, 0.6) is 0 Å². The van der Waals surface area contributed by atoms with Crippen molar-refractivity contribution < 1.29 is 0 Å². The highest BCUT2D eigenvalue weighted by Crippen LogP contribution is 2.21. The number of hydrazine groups is 2. The largest absolute Gasteiger partial charge is 0.271 e. The Balaban J connectivity index is 1.96.